The van der Waals surface area contributed by atoms with E-state index in [0.717, 1.165) is 66.5 Å². The Morgan fingerprint density at radius 2 is 1.96 bits per heavy atom. The largest absolute Gasteiger partial charge is 0.384 e. The minimum absolute atomic E-state index is 0.324. The van der Waals surface area contributed by atoms with Gasteiger partial charge in [-0.3, -0.25) is 0 Å². The van der Waals surface area contributed by atoms with Crippen LogP contribution in [0.15, 0.2) is 24.7 Å². The molecule has 7 heteroatoms. The number of aromatic nitrogens is 4. The van der Waals surface area contributed by atoms with Crippen LogP contribution in [0.5, 0.6) is 0 Å². The lowest BCUT2D eigenvalue weighted by Crippen LogP contribution is -2.33. The van der Waals surface area contributed by atoms with Gasteiger partial charge in [-0.15, -0.1) is 0 Å². The number of aromatic amines is 1. The van der Waals surface area contributed by atoms with Crippen LogP contribution >= 0.6 is 0 Å². The molecule has 0 unspecified atom stereocenters. The number of rotatable bonds is 5. The lowest BCUT2D eigenvalue weighted by molar-refractivity contribution is 0.411. The van der Waals surface area contributed by atoms with Gasteiger partial charge in [-0.25, -0.2) is 15.0 Å². The number of hydrogen-bond acceptors (Lipinski definition) is 6. The highest BCUT2D eigenvalue weighted by Crippen LogP contribution is 2.35. The molecule has 27 heavy (non-hydrogen) atoms. The summed E-state index contributed by atoms with van der Waals surface area (Å²) >= 11 is 0. The molecule has 0 saturated heterocycles. The molecular formula is C20H27N7. The van der Waals surface area contributed by atoms with Crippen LogP contribution in [0.25, 0.3) is 22.3 Å². The monoisotopic (exact) mass is 365 g/mol. The SMILES string of the molecule is CCCc1cc2c(NC3CCC(N)CC3)c(-c3cc(N)ncn3)cnc2[nH]1. The average Bonchev–Trinajstić information content (AvgIpc) is 3.07. The second-order valence-electron chi connectivity index (χ2n) is 7.44. The summed E-state index contributed by atoms with van der Waals surface area (Å²) in [6.07, 6.45) is 9.71. The zero-order chi connectivity index (χ0) is 18.8. The number of anilines is 2. The Morgan fingerprint density at radius 1 is 1.15 bits per heavy atom. The highest BCUT2D eigenvalue weighted by molar-refractivity contribution is 5.98. The van der Waals surface area contributed by atoms with Crippen molar-refractivity contribution in [3.8, 4) is 11.3 Å². The molecule has 0 atom stereocenters. The smallest absolute Gasteiger partial charge is 0.139 e. The number of aryl methyl sites for hydroxylation is 1. The van der Waals surface area contributed by atoms with Crippen molar-refractivity contribution < 1.29 is 0 Å². The summed E-state index contributed by atoms with van der Waals surface area (Å²) in [4.78, 5) is 16.5. The number of nitrogens with two attached hydrogens (primary N) is 2. The Labute approximate surface area is 159 Å². The Morgan fingerprint density at radius 3 is 2.70 bits per heavy atom. The van der Waals surface area contributed by atoms with Crippen molar-refractivity contribution in [2.45, 2.75) is 57.5 Å². The van der Waals surface area contributed by atoms with Crippen molar-refractivity contribution in [1.82, 2.24) is 19.9 Å². The molecule has 0 radical (unpaired) electrons. The highest BCUT2D eigenvalue weighted by Gasteiger charge is 2.22. The molecule has 0 spiro atoms. The maximum Gasteiger partial charge on any atom is 0.139 e. The molecule has 1 aliphatic carbocycles. The third kappa shape index (κ3) is 3.73. The standard InChI is InChI=1S/C20H27N7/c1-2-3-14-8-15-19(26-13-6-4-12(21)5-7-13)16(10-23-20(15)27-14)17-9-18(22)25-11-24-17/h8-13H,2-7,21H2,1H3,(H2,22,24,25)(H2,23,26,27). The van der Waals surface area contributed by atoms with Crippen molar-refractivity contribution in [2.24, 2.45) is 5.73 Å². The van der Waals surface area contributed by atoms with Crippen LogP contribution in [-0.4, -0.2) is 32.0 Å². The second-order valence-corrected chi connectivity index (χ2v) is 7.44. The van der Waals surface area contributed by atoms with E-state index in [1.54, 1.807) is 6.07 Å². The van der Waals surface area contributed by atoms with Gasteiger partial charge in [-0.2, -0.15) is 0 Å². The van der Waals surface area contributed by atoms with E-state index in [-0.39, 0.29) is 0 Å². The van der Waals surface area contributed by atoms with Gasteiger partial charge in [-0.1, -0.05) is 13.3 Å². The molecular weight excluding hydrogens is 338 g/mol. The number of nitrogens with one attached hydrogen (secondary N) is 2. The van der Waals surface area contributed by atoms with Gasteiger partial charge in [0.25, 0.3) is 0 Å². The summed E-state index contributed by atoms with van der Waals surface area (Å²) in [5.74, 6) is 0.454. The van der Waals surface area contributed by atoms with Crippen molar-refractivity contribution >= 4 is 22.5 Å². The summed E-state index contributed by atoms with van der Waals surface area (Å²) in [6.45, 7) is 2.18. The Hall–Kier alpha value is -2.67. The van der Waals surface area contributed by atoms with Gasteiger partial charge in [0.05, 0.1) is 11.4 Å². The molecule has 0 bridgehead atoms. The fourth-order valence-electron chi connectivity index (χ4n) is 3.87. The van der Waals surface area contributed by atoms with E-state index in [1.165, 1.54) is 12.0 Å². The van der Waals surface area contributed by atoms with Crippen LogP contribution in [0.1, 0.15) is 44.7 Å². The van der Waals surface area contributed by atoms with Crippen molar-refractivity contribution in [3.05, 3.63) is 30.4 Å². The van der Waals surface area contributed by atoms with Crippen LogP contribution in [0, 0.1) is 0 Å². The van der Waals surface area contributed by atoms with Crippen molar-refractivity contribution in [2.75, 3.05) is 11.1 Å². The Kier molecular flexibility index (Phi) is 4.94. The molecule has 0 aliphatic heterocycles. The van der Waals surface area contributed by atoms with Crippen molar-refractivity contribution in [3.63, 3.8) is 0 Å². The number of nitrogens with zero attached hydrogens (tertiary/aromatic N) is 3. The van der Waals surface area contributed by atoms with Crippen molar-refractivity contribution in [1.29, 1.82) is 0 Å². The van der Waals surface area contributed by atoms with Crippen LogP contribution in [0.2, 0.25) is 0 Å². The quantitative estimate of drug-likeness (QED) is 0.551. The second kappa shape index (κ2) is 7.52. The van der Waals surface area contributed by atoms with Crippen LogP contribution in [-0.2, 0) is 6.42 Å². The highest BCUT2D eigenvalue weighted by atomic mass is 15.0. The van der Waals surface area contributed by atoms with E-state index in [0.29, 0.717) is 17.9 Å². The fourth-order valence-corrected chi connectivity index (χ4v) is 3.87. The molecule has 3 heterocycles. The third-order valence-corrected chi connectivity index (χ3v) is 5.32. The Balaban J connectivity index is 1.78. The van der Waals surface area contributed by atoms with Crippen LogP contribution in [0.3, 0.4) is 0 Å². The minimum atomic E-state index is 0.324. The molecule has 0 aromatic carbocycles. The topological polar surface area (TPSA) is 119 Å². The summed E-state index contributed by atoms with van der Waals surface area (Å²) < 4.78 is 0. The van der Waals surface area contributed by atoms with Gasteiger partial charge >= 0.3 is 0 Å². The van der Waals surface area contributed by atoms with Gasteiger partial charge in [0.2, 0.25) is 0 Å². The van der Waals surface area contributed by atoms with Gasteiger partial charge in [0.1, 0.15) is 17.8 Å². The first-order valence-corrected chi connectivity index (χ1v) is 9.74. The number of H-pyrrole nitrogens is 1. The van der Waals surface area contributed by atoms with Gasteiger partial charge in [-0.05, 0) is 38.2 Å². The number of pyridine rings is 1. The Bertz CT molecular complexity index is 925. The first kappa shape index (κ1) is 17.7. The molecule has 6 N–H and O–H groups in total. The summed E-state index contributed by atoms with van der Waals surface area (Å²) in [6, 6.07) is 4.73. The molecule has 142 valence electrons. The lowest BCUT2D eigenvalue weighted by Gasteiger charge is -2.28. The van der Waals surface area contributed by atoms with E-state index < -0.39 is 0 Å². The zero-order valence-electron chi connectivity index (χ0n) is 15.7. The third-order valence-electron chi connectivity index (χ3n) is 5.32. The number of fused-ring (bicyclic) bond motifs is 1. The fraction of sp³-hybridized carbons (Fsp3) is 0.450. The number of hydrogen-bond donors (Lipinski definition) is 4. The van der Waals surface area contributed by atoms with Gasteiger partial charge in [0.15, 0.2) is 0 Å². The summed E-state index contributed by atoms with van der Waals surface area (Å²) in [5.41, 5.74) is 16.9. The number of nitrogen functional groups attached to an aromatic ring is 1. The maximum atomic E-state index is 6.08. The molecule has 0 amide bonds. The normalized spacial score (nSPS) is 20.1. The molecule has 3 aromatic rings. The first-order valence-electron chi connectivity index (χ1n) is 9.74. The molecule has 3 aromatic heterocycles. The van der Waals surface area contributed by atoms with Gasteiger partial charge < -0.3 is 21.8 Å². The maximum absolute atomic E-state index is 6.08. The van der Waals surface area contributed by atoms with E-state index in [2.05, 4.69) is 38.2 Å². The summed E-state index contributed by atoms with van der Waals surface area (Å²) in [7, 11) is 0. The molecule has 1 saturated carbocycles. The van der Waals surface area contributed by atoms with E-state index >= 15 is 0 Å². The molecule has 4 rings (SSSR count). The molecule has 1 aliphatic rings. The van der Waals surface area contributed by atoms with E-state index in [9.17, 15) is 0 Å². The summed E-state index contributed by atoms with van der Waals surface area (Å²) in [5, 5.41) is 4.87. The minimum Gasteiger partial charge on any atom is -0.384 e. The van der Waals surface area contributed by atoms with Crippen LogP contribution in [0.4, 0.5) is 11.5 Å². The first-order chi connectivity index (χ1) is 13.1. The van der Waals surface area contributed by atoms with E-state index in [1.807, 2.05) is 6.20 Å². The average molecular weight is 365 g/mol. The predicted molar refractivity (Wildman–Crippen MR) is 109 cm³/mol. The van der Waals surface area contributed by atoms with Crippen LogP contribution < -0.4 is 16.8 Å². The van der Waals surface area contributed by atoms with Gasteiger partial charge in [0, 0.05) is 41.0 Å². The molecule has 1 fully saturated rings. The predicted octanol–water partition coefficient (Wildman–Crippen LogP) is 3.24. The lowest BCUT2D eigenvalue weighted by atomic mass is 9.91. The molecule has 7 nitrogen and oxygen atoms in total. The zero-order valence-corrected chi connectivity index (χ0v) is 15.7. The van der Waals surface area contributed by atoms with E-state index in [4.69, 9.17) is 11.5 Å².